The Labute approximate surface area is 131 Å². The fourth-order valence-electron chi connectivity index (χ4n) is 2.37. The van der Waals surface area contributed by atoms with Crippen molar-refractivity contribution in [3.8, 4) is 0 Å². The molecule has 0 spiro atoms. The monoisotopic (exact) mass is 338 g/mol. The molecular formula is C13H26N2O4S2. The van der Waals surface area contributed by atoms with Crippen LogP contribution in [0.25, 0.3) is 0 Å². The maximum Gasteiger partial charge on any atom is 0.240 e. The lowest BCUT2D eigenvalue weighted by Crippen LogP contribution is -2.48. The van der Waals surface area contributed by atoms with Crippen LogP contribution in [0.3, 0.4) is 0 Å². The fourth-order valence-corrected chi connectivity index (χ4v) is 3.66. The Balaban J connectivity index is 2.72. The number of carbonyl (C=O) groups is 1. The Bertz CT molecular complexity index is 439. The number of carbonyl (C=O) groups excluding carboxylic acids is 1. The molecule has 21 heavy (non-hydrogen) atoms. The Kier molecular flexibility index (Phi) is 7.46. The first kappa shape index (κ1) is 18.7. The lowest BCUT2D eigenvalue weighted by atomic mass is 10.0. The van der Waals surface area contributed by atoms with Gasteiger partial charge in [0.25, 0.3) is 0 Å². The average molecular weight is 338 g/mol. The zero-order chi connectivity index (χ0) is 16.0. The molecule has 3 unspecified atom stereocenters. The summed E-state index contributed by atoms with van der Waals surface area (Å²) in [5, 5.41) is 9.60. The predicted molar refractivity (Wildman–Crippen MR) is 85.8 cm³/mol. The molecule has 1 saturated heterocycles. The van der Waals surface area contributed by atoms with E-state index in [1.807, 2.05) is 6.26 Å². The van der Waals surface area contributed by atoms with Crippen LogP contribution >= 0.6 is 11.8 Å². The van der Waals surface area contributed by atoms with E-state index in [1.54, 1.807) is 30.5 Å². The van der Waals surface area contributed by atoms with Crippen molar-refractivity contribution in [3.05, 3.63) is 0 Å². The molecule has 124 valence electrons. The van der Waals surface area contributed by atoms with Crippen LogP contribution < -0.4 is 4.72 Å². The molecule has 0 saturated carbocycles. The molecule has 1 aliphatic heterocycles. The first-order valence-electron chi connectivity index (χ1n) is 7.26. The van der Waals surface area contributed by atoms with Crippen LogP contribution in [-0.2, 0) is 14.8 Å². The zero-order valence-corrected chi connectivity index (χ0v) is 14.5. The SMILES string of the molecule is CCS(=O)(=O)NC(CCSC)C(=O)N1CCC(C(C)O)C1. The summed E-state index contributed by atoms with van der Waals surface area (Å²) in [4.78, 5) is 14.2. The maximum atomic E-state index is 12.5. The van der Waals surface area contributed by atoms with Gasteiger partial charge < -0.3 is 10.0 Å². The van der Waals surface area contributed by atoms with Gasteiger partial charge >= 0.3 is 0 Å². The minimum atomic E-state index is -3.41. The Hall–Kier alpha value is -0.310. The molecule has 0 aromatic carbocycles. The van der Waals surface area contributed by atoms with E-state index in [2.05, 4.69) is 4.72 Å². The standard InChI is InChI=1S/C13H26N2O4S2/c1-4-21(18,19)14-12(6-8-20-3)13(17)15-7-5-11(9-15)10(2)16/h10-12,14,16H,4-9H2,1-3H3. The number of aliphatic hydroxyl groups excluding tert-OH is 1. The van der Waals surface area contributed by atoms with Crippen LogP contribution in [0, 0.1) is 5.92 Å². The van der Waals surface area contributed by atoms with E-state index in [0.717, 1.165) is 12.2 Å². The minimum Gasteiger partial charge on any atom is -0.393 e. The summed E-state index contributed by atoms with van der Waals surface area (Å²) in [6.07, 6.45) is 2.73. The zero-order valence-electron chi connectivity index (χ0n) is 12.9. The Morgan fingerprint density at radius 3 is 2.67 bits per heavy atom. The Morgan fingerprint density at radius 2 is 2.19 bits per heavy atom. The second-order valence-electron chi connectivity index (χ2n) is 5.43. The molecule has 1 aliphatic rings. The topological polar surface area (TPSA) is 86.7 Å². The smallest absolute Gasteiger partial charge is 0.240 e. The van der Waals surface area contributed by atoms with Crippen molar-refractivity contribution in [1.29, 1.82) is 0 Å². The van der Waals surface area contributed by atoms with E-state index in [1.165, 1.54) is 0 Å². The van der Waals surface area contributed by atoms with E-state index in [-0.39, 0.29) is 17.6 Å². The van der Waals surface area contributed by atoms with Gasteiger partial charge in [-0.2, -0.15) is 11.8 Å². The van der Waals surface area contributed by atoms with Gasteiger partial charge in [0, 0.05) is 19.0 Å². The van der Waals surface area contributed by atoms with Gasteiger partial charge in [-0.15, -0.1) is 0 Å². The maximum absolute atomic E-state index is 12.5. The summed E-state index contributed by atoms with van der Waals surface area (Å²) >= 11 is 1.58. The highest BCUT2D eigenvalue weighted by molar-refractivity contribution is 7.98. The van der Waals surface area contributed by atoms with E-state index < -0.39 is 22.2 Å². The van der Waals surface area contributed by atoms with E-state index >= 15 is 0 Å². The summed E-state index contributed by atoms with van der Waals surface area (Å²) in [6.45, 7) is 4.36. The summed E-state index contributed by atoms with van der Waals surface area (Å²) in [6, 6.07) is -0.699. The highest BCUT2D eigenvalue weighted by Crippen LogP contribution is 2.21. The van der Waals surface area contributed by atoms with Crippen LogP contribution in [0.15, 0.2) is 0 Å². The lowest BCUT2D eigenvalue weighted by molar-refractivity contribution is -0.132. The van der Waals surface area contributed by atoms with Gasteiger partial charge in [0.1, 0.15) is 6.04 Å². The molecule has 0 aromatic heterocycles. The highest BCUT2D eigenvalue weighted by Gasteiger charge is 2.33. The van der Waals surface area contributed by atoms with Crippen molar-refractivity contribution in [2.24, 2.45) is 5.92 Å². The van der Waals surface area contributed by atoms with Crippen LogP contribution in [0.5, 0.6) is 0 Å². The minimum absolute atomic E-state index is 0.0354. The van der Waals surface area contributed by atoms with Gasteiger partial charge in [0.2, 0.25) is 15.9 Å². The van der Waals surface area contributed by atoms with Gasteiger partial charge in [-0.1, -0.05) is 0 Å². The highest BCUT2D eigenvalue weighted by atomic mass is 32.2. The number of amides is 1. The molecule has 1 rings (SSSR count). The fraction of sp³-hybridized carbons (Fsp3) is 0.923. The number of nitrogens with one attached hydrogen (secondary N) is 1. The summed E-state index contributed by atoms with van der Waals surface area (Å²) in [5.74, 6) is 0.588. The first-order valence-corrected chi connectivity index (χ1v) is 10.3. The third kappa shape index (κ3) is 5.77. The molecule has 3 atom stereocenters. The molecule has 6 nitrogen and oxygen atoms in total. The van der Waals surface area contributed by atoms with Crippen LogP contribution in [0.1, 0.15) is 26.7 Å². The summed E-state index contributed by atoms with van der Waals surface area (Å²) in [7, 11) is -3.41. The number of rotatable bonds is 8. The van der Waals surface area contributed by atoms with Gasteiger partial charge in [0.05, 0.1) is 11.9 Å². The molecule has 0 aromatic rings. The summed E-state index contributed by atoms with van der Waals surface area (Å²) in [5.41, 5.74) is 0. The summed E-state index contributed by atoms with van der Waals surface area (Å²) < 4.78 is 26.0. The largest absolute Gasteiger partial charge is 0.393 e. The van der Waals surface area contributed by atoms with Crippen LogP contribution in [-0.4, -0.2) is 67.3 Å². The van der Waals surface area contributed by atoms with Gasteiger partial charge in [-0.25, -0.2) is 13.1 Å². The number of hydrogen-bond donors (Lipinski definition) is 2. The molecule has 1 fully saturated rings. The second kappa shape index (κ2) is 8.36. The van der Waals surface area contributed by atoms with Crippen molar-refractivity contribution < 1.29 is 18.3 Å². The van der Waals surface area contributed by atoms with Crippen molar-refractivity contribution in [2.75, 3.05) is 30.9 Å². The number of sulfonamides is 1. The van der Waals surface area contributed by atoms with Gasteiger partial charge in [-0.3, -0.25) is 4.79 Å². The van der Waals surface area contributed by atoms with Crippen molar-refractivity contribution in [1.82, 2.24) is 9.62 Å². The van der Waals surface area contributed by atoms with Crippen molar-refractivity contribution in [2.45, 2.75) is 38.8 Å². The third-order valence-electron chi connectivity index (χ3n) is 3.83. The predicted octanol–water partition coefficient (Wildman–Crippen LogP) is 0.277. The van der Waals surface area contributed by atoms with Crippen LogP contribution in [0.2, 0.25) is 0 Å². The average Bonchev–Trinajstić information content (AvgIpc) is 2.92. The molecule has 8 heteroatoms. The van der Waals surface area contributed by atoms with Crippen molar-refractivity contribution in [3.63, 3.8) is 0 Å². The number of likely N-dealkylation sites (tertiary alicyclic amines) is 1. The van der Waals surface area contributed by atoms with E-state index in [9.17, 15) is 18.3 Å². The first-order chi connectivity index (χ1) is 9.80. The number of aliphatic hydroxyl groups is 1. The molecule has 2 N–H and O–H groups in total. The molecule has 0 bridgehead atoms. The number of hydrogen-bond acceptors (Lipinski definition) is 5. The molecule has 0 aliphatic carbocycles. The Morgan fingerprint density at radius 1 is 1.52 bits per heavy atom. The van der Waals surface area contributed by atoms with Gasteiger partial charge in [0.15, 0.2) is 0 Å². The lowest BCUT2D eigenvalue weighted by Gasteiger charge is -2.24. The molecular weight excluding hydrogens is 312 g/mol. The van der Waals surface area contributed by atoms with E-state index in [0.29, 0.717) is 19.5 Å². The number of thioether (sulfide) groups is 1. The third-order valence-corrected chi connectivity index (χ3v) is 5.88. The van der Waals surface area contributed by atoms with Gasteiger partial charge in [-0.05, 0) is 38.7 Å². The molecule has 1 heterocycles. The normalized spacial score (nSPS) is 22.3. The quantitative estimate of drug-likeness (QED) is 0.664. The number of nitrogens with zero attached hydrogens (tertiary/aromatic N) is 1. The van der Waals surface area contributed by atoms with Crippen LogP contribution in [0.4, 0.5) is 0 Å². The van der Waals surface area contributed by atoms with Crippen molar-refractivity contribution >= 4 is 27.7 Å². The second-order valence-corrected chi connectivity index (χ2v) is 8.46. The van der Waals surface area contributed by atoms with E-state index in [4.69, 9.17) is 0 Å². The molecule has 0 radical (unpaired) electrons. The molecule has 1 amide bonds.